The van der Waals surface area contributed by atoms with Crippen LogP contribution in [0.2, 0.25) is 0 Å². The van der Waals surface area contributed by atoms with E-state index >= 15 is 0 Å². The number of aromatic nitrogens is 3. The summed E-state index contributed by atoms with van der Waals surface area (Å²) >= 11 is 1.00. The first-order valence-electron chi connectivity index (χ1n) is 7.17. The SMILES string of the molecule is CCN(CC)C(=O)CN(C)C(=O)CSc1nnc(C)c(=O)n1N. The fraction of sp³-hybridized carbons (Fsp3) is 0.615. The Balaban J connectivity index is 2.61. The molecule has 0 fully saturated rings. The van der Waals surface area contributed by atoms with Gasteiger partial charge in [0.2, 0.25) is 17.0 Å². The number of nitrogens with zero attached hydrogens (tertiary/aromatic N) is 5. The maximum Gasteiger partial charge on any atom is 0.294 e. The first-order chi connectivity index (χ1) is 10.8. The van der Waals surface area contributed by atoms with Crippen LogP contribution in [0.25, 0.3) is 0 Å². The first kappa shape index (κ1) is 18.9. The van der Waals surface area contributed by atoms with E-state index in [2.05, 4.69) is 10.2 Å². The van der Waals surface area contributed by atoms with E-state index in [0.717, 1.165) is 16.4 Å². The van der Waals surface area contributed by atoms with Crippen LogP contribution in [0.5, 0.6) is 0 Å². The van der Waals surface area contributed by atoms with Crippen molar-refractivity contribution in [1.82, 2.24) is 24.7 Å². The van der Waals surface area contributed by atoms with Crippen LogP contribution in [0.1, 0.15) is 19.5 Å². The summed E-state index contributed by atoms with van der Waals surface area (Å²) < 4.78 is 0.862. The van der Waals surface area contributed by atoms with E-state index in [4.69, 9.17) is 5.84 Å². The predicted molar refractivity (Wildman–Crippen MR) is 87.5 cm³/mol. The van der Waals surface area contributed by atoms with Gasteiger partial charge >= 0.3 is 0 Å². The van der Waals surface area contributed by atoms with Crippen LogP contribution in [0.4, 0.5) is 0 Å². The zero-order valence-electron chi connectivity index (χ0n) is 13.8. The van der Waals surface area contributed by atoms with Crippen molar-refractivity contribution in [3.05, 3.63) is 16.0 Å². The van der Waals surface area contributed by atoms with Crippen molar-refractivity contribution in [3.63, 3.8) is 0 Å². The average Bonchev–Trinajstić information content (AvgIpc) is 2.52. The lowest BCUT2D eigenvalue weighted by molar-refractivity contribution is -0.137. The fourth-order valence-corrected chi connectivity index (χ4v) is 2.57. The van der Waals surface area contributed by atoms with Gasteiger partial charge in [-0.15, -0.1) is 10.2 Å². The van der Waals surface area contributed by atoms with Gasteiger partial charge in [-0.1, -0.05) is 11.8 Å². The number of hydrogen-bond acceptors (Lipinski definition) is 7. The zero-order chi connectivity index (χ0) is 17.6. The van der Waals surface area contributed by atoms with Gasteiger partial charge in [0.15, 0.2) is 0 Å². The molecule has 0 saturated carbocycles. The average molecular weight is 342 g/mol. The largest absolute Gasteiger partial charge is 0.342 e. The molecule has 0 unspecified atom stereocenters. The van der Waals surface area contributed by atoms with E-state index in [9.17, 15) is 14.4 Å². The second-order valence-corrected chi connectivity index (χ2v) is 5.79. The van der Waals surface area contributed by atoms with Crippen molar-refractivity contribution in [3.8, 4) is 0 Å². The van der Waals surface area contributed by atoms with Gasteiger partial charge in [0.05, 0.1) is 12.3 Å². The molecule has 0 spiro atoms. The number of likely N-dealkylation sites (N-methyl/N-ethyl adjacent to an activating group) is 2. The Hall–Kier alpha value is -2.10. The third kappa shape index (κ3) is 4.95. The monoisotopic (exact) mass is 342 g/mol. The molecule has 1 heterocycles. The Morgan fingerprint density at radius 1 is 1.22 bits per heavy atom. The Bertz CT molecular complexity index is 629. The number of thioether (sulfide) groups is 1. The van der Waals surface area contributed by atoms with E-state index < -0.39 is 5.56 Å². The molecule has 0 aliphatic rings. The number of amides is 2. The molecule has 2 N–H and O–H groups in total. The molecule has 1 aromatic rings. The number of aryl methyl sites for hydroxylation is 1. The summed E-state index contributed by atoms with van der Waals surface area (Å²) in [4.78, 5) is 38.7. The molecule has 1 aromatic heterocycles. The minimum atomic E-state index is -0.458. The Labute approximate surface area is 138 Å². The van der Waals surface area contributed by atoms with Gasteiger partial charge in [-0.25, -0.2) is 0 Å². The fourth-order valence-electron chi connectivity index (χ4n) is 1.77. The molecule has 0 bridgehead atoms. The molecule has 9 nitrogen and oxygen atoms in total. The highest BCUT2D eigenvalue weighted by atomic mass is 32.2. The third-order valence-electron chi connectivity index (χ3n) is 3.26. The molecule has 23 heavy (non-hydrogen) atoms. The van der Waals surface area contributed by atoms with Crippen LogP contribution in [0.15, 0.2) is 9.95 Å². The molecule has 2 amide bonds. The summed E-state index contributed by atoms with van der Waals surface area (Å²) in [5.74, 6) is 5.24. The summed E-state index contributed by atoms with van der Waals surface area (Å²) in [7, 11) is 1.56. The lowest BCUT2D eigenvalue weighted by atomic mass is 10.4. The number of nitrogen functional groups attached to an aromatic ring is 1. The maximum absolute atomic E-state index is 12.1. The van der Waals surface area contributed by atoms with E-state index in [1.54, 1.807) is 11.9 Å². The number of hydrogen-bond donors (Lipinski definition) is 1. The van der Waals surface area contributed by atoms with Crippen LogP contribution in [0.3, 0.4) is 0 Å². The minimum Gasteiger partial charge on any atom is -0.342 e. The van der Waals surface area contributed by atoms with E-state index in [0.29, 0.717) is 13.1 Å². The molecule has 128 valence electrons. The molecule has 0 aromatic carbocycles. The van der Waals surface area contributed by atoms with Crippen LogP contribution < -0.4 is 11.4 Å². The molecule has 10 heteroatoms. The standard InChI is InChI=1S/C13H22N6O3S/c1-5-18(6-2)10(20)7-17(4)11(21)8-23-13-16-15-9(3)12(22)19(13)14/h5-8,14H2,1-4H3. The van der Waals surface area contributed by atoms with E-state index in [-0.39, 0.29) is 35.0 Å². The summed E-state index contributed by atoms with van der Waals surface area (Å²) in [6.07, 6.45) is 0. The van der Waals surface area contributed by atoms with Crippen molar-refractivity contribution >= 4 is 23.6 Å². The second kappa shape index (κ2) is 8.51. The van der Waals surface area contributed by atoms with Gasteiger partial charge in [0, 0.05) is 20.1 Å². The van der Waals surface area contributed by atoms with Crippen molar-refractivity contribution < 1.29 is 9.59 Å². The van der Waals surface area contributed by atoms with Gasteiger partial charge in [-0.2, -0.15) is 4.68 Å². The second-order valence-electron chi connectivity index (χ2n) is 4.85. The van der Waals surface area contributed by atoms with Crippen LogP contribution in [-0.4, -0.2) is 68.9 Å². The predicted octanol–water partition coefficient (Wildman–Crippen LogP) is -0.921. The highest BCUT2D eigenvalue weighted by Gasteiger charge is 2.17. The lowest BCUT2D eigenvalue weighted by Gasteiger charge is -2.23. The van der Waals surface area contributed by atoms with Gasteiger partial charge in [0.25, 0.3) is 5.56 Å². The molecule has 0 atom stereocenters. The van der Waals surface area contributed by atoms with Crippen molar-refractivity contribution in [1.29, 1.82) is 0 Å². The Kier molecular flexibility index (Phi) is 7.01. The van der Waals surface area contributed by atoms with Crippen molar-refractivity contribution in [2.75, 3.05) is 38.3 Å². The lowest BCUT2D eigenvalue weighted by Crippen LogP contribution is -2.41. The number of nitrogens with two attached hydrogens (primary N) is 1. The maximum atomic E-state index is 12.1. The van der Waals surface area contributed by atoms with Crippen molar-refractivity contribution in [2.45, 2.75) is 25.9 Å². The van der Waals surface area contributed by atoms with Crippen LogP contribution in [0, 0.1) is 6.92 Å². The van der Waals surface area contributed by atoms with Gasteiger partial charge in [0.1, 0.15) is 5.69 Å². The van der Waals surface area contributed by atoms with E-state index in [1.807, 2.05) is 13.8 Å². The number of rotatable bonds is 7. The molecule has 0 aliphatic heterocycles. The van der Waals surface area contributed by atoms with Gasteiger partial charge in [-0.05, 0) is 20.8 Å². The Morgan fingerprint density at radius 3 is 2.39 bits per heavy atom. The molecular formula is C13H22N6O3S. The minimum absolute atomic E-state index is 0.0100. The van der Waals surface area contributed by atoms with Crippen LogP contribution >= 0.6 is 11.8 Å². The van der Waals surface area contributed by atoms with Crippen LogP contribution in [-0.2, 0) is 9.59 Å². The highest BCUT2D eigenvalue weighted by Crippen LogP contribution is 2.11. The molecule has 0 saturated heterocycles. The Morgan fingerprint density at radius 2 is 1.83 bits per heavy atom. The summed E-state index contributed by atoms with van der Waals surface area (Å²) in [5, 5.41) is 7.63. The summed E-state index contributed by atoms with van der Waals surface area (Å²) in [6, 6.07) is 0. The van der Waals surface area contributed by atoms with E-state index in [1.165, 1.54) is 11.8 Å². The topological polar surface area (TPSA) is 114 Å². The van der Waals surface area contributed by atoms with Gasteiger partial charge < -0.3 is 15.6 Å². The highest BCUT2D eigenvalue weighted by molar-refractivity contribution is 7.99. The summed E-state index contributed by atoms with van der Waals surface area (Å²) in [5.41, 5.74) is -0.273. The molecule has 1 rings (SSSR count). The zero-order valence-corrected chi connectivity index (χ0v) is 14.6. The van der Waals surface area contributed by atoms with Gasteiger partial charge in [-0.3, -0.25) is 14.4 Å². The normalized spacial score (nSPS) is 10.4. The molecule has 0 radical (unpaired) electrons. The molecular weight excluding hydrogens is 320 g/mol. The molecule has 0 aliphatic carbocycles. The third-order valence-corrected chi connectivity index (χ3v) is 4.19. The smallest absolute Gasteiger partial charge is 0.294 e. The van der Waals surface area contributed by atoms with Crippen molar-refractivity contribution in [2.24, 2.45) is 0 Å². The summed E-state index contributed by atoms with van der Waals surface area (Å²) in [6.45, 7) is 6.49. The number of carbonyl (C=O) groups excluding carboxylic acids is 2. The quantitative estimate of drug-likeness (QED) is 0.503. The number of carbonyl (C=O) groups is 2. The first-order valence-corrected chi connectivity index (χ1v) is 8.16.